The Morgan fingerprint density at radius 3 is 2.68 bits per heavy atom. The summed E-state index contributed by atoms with van der Waals surface area (Å²) in [6.45, 7) is -0.156. The van der Waals surface area contributed by atoms with Gasteiger partial charge in [0.2, 0.25) is 0 Å². The third-order valence-electron chi connectivity index (χ3n) is 3.19. The van der Waals surface area contributed by atoms with E-state index in [9.17, 15) is 23.3 Å². The largest absolute Gasteiger partial charge is 0.482 e. The molecule has 1 aliphatic heterocycles. The van der Waals surface area contributed by atoms with Crippen molar-refractivity contribution in [3.8, 4) is 11.5 Å². The quantitative estimate of drug-likeness (QED) is 0.487. The molecule has 2 aromatic carbocycles. The summed E-state index contributed by atoms with van der Waals surface area (Å²) in [5.74, 6) is -0.268. The first-order chi connectivity index (χ1) is 11.8. The fourth-order valence-electron chi connectivity index (χ4n) is 2.08. The highest BCUT2D eigenvalue weighted by atomic mass is 35.5. The summed E-state index contributed by atoms with van der Waals surface area (Å²) in [5.41, 5.74) is -0.178. The van der Waals surface area contributed by atoms with Gasteiger partial charge >= 0.3 is 10.1 Å². The molecule has 11 heteroatoms. The minimum absolute atomic E-state index is 0.156. The number of anilines is 1. The van der Waals surface area contributed by atoms with Crippen LogP contribution in [0.1, 0.15) is 0 Å². The van der Waals surface area contributed by atoms with Gasteiger partial charge in [-0.1, -0.05) is 11.6 Å². The van der Waals surface area contributed by atoms with Crippen LogP contribution in [-0.2, 0) is 14.9 Å². The zero-order valence-corrected chi connectivity index (χ0v) is 13.8. The molecule has 0 radical (unpaired) electrons. The Kier molecular flexibility index (Phi) is 4.23. The first-order valence-corrected chi connectivity index (χ1v) is 8.50. The SMILES string of the molecule is O=C1COc2ccc(S(=O)(=O)Oc3ccc([N+](=O)[O-])c(Cl)c3)cc2N1. The minimum atomic E-state index is -4.25. The summed E-state index contributed by atoms with van der Waals surface area (Å²) in [7, 11) is -4.25. The van der Waals surface area contributed by atoms with E-state index in [1.807, 2.05) is 0 Å². The second kappa shape index (κ2) is 6.22. The molecule has 0 saturated carbocycles. The summed E-state index contributed by atoms with van der Waals surface area (Å²) >= 11 is 5.73. The highest BCUT2D eigenvalue weighted by Gasteiger charge is 2.23. The summed E-state index contributed by atoms with van der Waals surface area (Å²) in [5, 5.41) is 12.9. The first-order valence-electron chi connectivity index (χ1n) is 6.71. The van der Waals surface area contributed by atoms with E-state index in [1.165, 1.54) is 18.2 Å². The molecule has 0 spiro atoms. The number of fused-ring (bicyclic) bond motifs is 1. The van der Waals surface area contributed by atoms with Gasteiger partial charge in [-0.25, -0.2) is 0 Å². The van der Waals surface area contributed by atoms with Crippen LogP contribution < -0.4 is 14.2 Å². The minimum Gasteiger partial charge on any atom is -0.482 e. The zero-order chi connectivity index (χ0) is 18.2. The summed E-state index contributed by atoms with van der Waals surface area (Å²) in [6.07, 6.45) is 0. The van der Waals surface area contributed by atoms with Gasteiger partial charge in [0.05, 0.1) is 10.6 Å². The van der Waals surface area contributed by atoms with E-state index >= 15 is 0 Å². The van der Waals surface area contributed by atoms with Gasteiger partial charge in [0.1, 0.15) is 21.4 Å². The van der Waals surface area contributed by atoms with E-state index in [-0.39, 0.29) is 33.6 Å². The van der Waals surface area contributed by atoms with Crippen molar-refractivity contribution < 1.29 is 27.1 Å². The van der Waals surface area contributed by atoms with Crippen molar-refractivity contribution in [3.05, 3.63) is 51.5 Å². The Morgan fingerprint density at radius 2 is 2.00 bits per heavy atom. The molecule has 25 heavy (non-hydrogen) atoms. The molecule has 0 atom stereocenters. The molecule has 0 aliphatic carbocycles. The van der Waals surface area contributed by atoms with Gasteiger partial charge in [-0.05, 0) is 24.3 Å². The molecule has 3 rings (SSSR count). The lowest BCUT2D eigenvalue weighted by atomic mass is 10.2. The molecule has 0 aromatic heterocycles. The maximum Gasteiger partial charge on any atom is 0.339 e. The van der Waals surface area contributed by atoms with Crippen molar-refractivity contribution in [1.29, 1.82) is 0 Å². The summed E-state index contributed by atoms with van der Waals surface area (Å²) in [6, 6.07) is 7.00. The van der Waals surface area contributed by atoms with Crippen LogP contribution in [0.2, 0.25) is 5.02 Å². The second-order valence-electron chi connectivity index (χ2n) is 4.90. The number of amides is 1. The number of carbonyl (C=O) groups is 1. The molecule has 1 amide bonds. The van der Waals surface area contributed by atoms with Crippen LogP contribution in [0.4, 0.5) is 11.4 Å². The smallest absolute Gasteiger partial charge is 0.339 e. The topological polar surface area (TPSA) is 125 Å². The molecule has 1 heterocycles. The van der Waals surface area contributed by atoms with Crippen LogP contribution in [0.25, 0.3) is 0 Å². The lowest BCUT2D eigenvalue weighted by molar-refractivity contribution is -0.384. The molecule has 1 aliphatic rings. The second-order valence-corrected chi connectivity index (χ2v) is 6.86. The van der Waals surface area contributed by atoms with E-state index in [4.69, 9.17) is 20.5 Å². The number of hydrogen-bond donors (Lipinski definition) is 1. The van der Waals surface area contributed by atoms with Crippen molar-refractivity contribution in [2.24, 2.45) is 0 Å². The normalized spacial score (nSPS) is 13.4. The predicted molar refractivity (Wildman–Crippen MR) is 86.5 cm³/mol. The Labute approximate surface area is 146 Å². The average Bonchev–Trinajstić information content (AvgIpc) is 2.53. The zero-order valence-electron chi connectivity index (χ0n) is 12.3. The third-order valence-corrected chi connectivity index (χ3v) is 4.74. The fraction of sp³-hybridized carbons (Fsp3) is 0.0714. The molecule has 130 valence electrons. The van der Waals surface area contributed by atoms with Gasteiger partial charge in [-0.15, -0.1) is 0 Å². The molecule has 0 saturated heterocycles. The van der Waals surface area contributed by atoms with Crippen LogP contribution in [0.3, 0.4) is 0 Å². The number of nitro benzene ring substituents is 1. The fourth-order valence-corrected chi connectivity index (χ4v) is 3.27. The van der Waals surface area contributed by atoms with Gasteiger partial charge in [0.25, 0.3) is 11.6 Å². The maximum absolute atomic E-state index is 12.3. The van der Waals surface area contributed by atoms with Crippen LogP contribution in [0, 0.1) is 10.1 Å². The maximum atomic E-state index is 12.3. The third kappa shape index (κ3) is 3.49. The van der Waals surface area contributed by atoms with Gasteiger partial charge in [-0.3, -0.25) is 14.9 Å². The van der Waals surface area contributed by atoms with Crippen molar-refractivity contribution >= 4 is 39.0 Å². The standard InChI is InChI=1S/C14H9ClN2O7S/c15-10-5-8(1-3-12(10)17(19)20)24-25(21,22)9-2-4-13-11(6-9)16-14(18)7-23-13/h1-6H,7H2,(H,16,18). The molecule has 1 N–H and O–H groups in total. The lowest BCUT2D eigenvalue weighted by Gasteiger charge is -2.18. The number of ether oxygens (including phenoxy) is 1. The van der Waals surface area contributed by atoms with Crippen molar-refractivity contribution in [3.63, 3.8) is 0 Å². The molecule has 0 unspecified atom stereocenters. The highest BCUT2D eigenvalue weighted by Crippen LogP contribution is 2.33. The van der Waals surface area contributed by atoms with Gasteiger partial charge < -0.3 is 14.2 Å². The number of nitro groups is 1. The van der Waals surface area contributed by atoms with Crippen LogP contribution >= 0.6 is 11.6 Å². The van der Waals surface area contributed by atoms with Gasteiger partial charge in [0.15, 0.2) is 6.61 Å². The van der Waals surface area contributed by atoms with Crippen LogP contribution in [-0.4, -0.2) is 25.9 Å². The molecule has 0 fully saturated rings. The highest BCUT2D eigenvalue weighted by molar-refractivity contribution is 7.87. The summed E-state index contributed by atoms with van der Waals surface area (Å²) in [4.78, 5) is 21.1. The Bertz CT molecular complexity index is 991. The van der Waals surface area contributed by atoms with E-state index in [1.54, 1.807) is 0 Å². The van der Waals surface area contributed by atoms with Gasteiger partial charge in [-0.2, -0.15) is 8.42 Å². The lowest BCUT2D eigenvalue weighted by Crippen LogP contribution is -2.25. The van der Waals surface area contributed by atoms with Gasteiger partial charge in [0, 0.05) is 12.1 Å². The van der Waals surface area contributed by atoms with E-state index < -0.39 is 20.9 Å². The molecule has 9 nitrogen and oxygen atoms in total. The summed E-state index contributed by atoms with van der Waals surface area (Å²) < 4.78 is 34.8. The number of benzene rings is 2. The van der Waals surface area contributed by atoms with Crippen molar-refractivity contribution in [2.75, 3.05) is 11.9 Å². The number of nitrogens with one attached hydrogen (secondary N) is 1. The molecular formula is C14H9ClN2O7S. The Morgan fingerprint density at radius 1 is 1.24 bits per heavy atom. The Balaban J connectivity index is 1.90. The average molecular weight is 385 g/mol. The molecule has 0 bridgehead atoms. The van der Waals surface area contributed by atoms with E-state index in [0.717, 1.165) is 18.2 Å². The Hall–Kier alpha value is -2.85. The van der Waals surface area contributed by atoms with Crippen LogP contribution in [0.15, 0.2) is 41.3 Å². The number of carbonyl (C=O) groups excluding carboxylic acids is 1. The number of nitrogens with zero attached hydrogens (tertiary/aromatic N) is 1. The monoisotopic (exact) mass is 384 g/mol. The van der Waals surface area contributed by atoms with Crippen LogP contribution in [0.5, 0.6) is 11.5 Å². The number of halogens is 1. The predicted octanol–water partition coefficient (Wildman–Crippen LogP) is 2.35. The van der Waals surface area contributed by atoms with Crippen molar-refractivity contribution in [1.82, 2.24) is 0 Å². The van der Waals surface area contributed by atoms with E-state index in [0.29, 0.717) is 5.75 Å². The first kappa shape index (κ1) is 17.0. The number of hydrogen-bond acceptors (Lipinski definition) is 7. The number of rotatable bonds is 4. The van der Waals surface area contributed by atoms with Crippen molar-refractivity contribution in [2.45, 2.75) is 4.90 Å². The molecule has 2 aromatic rings. The van der Waals surface area contributed by atoms with E-state index in [2.05, 4.69) is 5.32 Å². The molecular weight excluding hydrogens is 376 g/mol.